The van der Waals surface area contributed by atoms with Crippen LogP contribution in [0, 0.1) is 5.82 Å². The van der Waals surface area contributed by atoms with Crippen molar-refractivity contribution in [3.8, 4) is 5.75 Å². The molecule has 0 aliphatic carbocycles. The van der Waals surface area contributed by atoms with Gasteiger partial charge in [0.2, 0.25) is 0 Å². The molecule has 1 rings (SSSR count). The van der Waals surface area contributed by atoms with Crippen molar-refractivity contribution in [2.45, 2.75) is 26.4 Å². The molecule has 0 saturated heterocycles. The zero-order chi connectivity index (χ0) is 13.7. The molecule has 1 unspecified atom stereocenters. The van der Waals surface area contributed by atoms with E-state index in [0.717, 1.165) is 12.7 Å². The number of halogens is 1. The van der Waals surface area contributed by atoms with Crippen molar-refractivity contribution in [1.82, 2.24) is 0 Å². The summed E-state index contributed by atoms with van der Waals surface area (Å²) in [7, 11) is 1.14. The normalized spacial score (nSPS) is 12.1. The van der Waals surface area contributed by atoms with Crippen molar-refractivity contribution >= 4 is 5.97 Å². The Hall–Kier alpha value is -1.62. The highest BCUT2D eigenvalue weighted by Crippen LogP contribution is 2.28. The van der Waals surface area contributed by atoms with Gasteiger partial charge in [0.15, 0.2) is 17.7 Å². The maximum absolute atomic E-state index is 14.0. The number of carbonyl (C=O) groups is 1. The van der Waals surface area contributed by atoms with E-state index in [9.17, 15) is 14.3 Å². The van der Waals surface area contributed by atoms with Gasteiger partial charge in [0.05, 0.1) is 13.7 Å². The molecule has 1 aromatic carbocycles. The predicted molar refractivity (Wildman–Crippen MR) is 63.9 cm³/mol. The summed E-state index contributed by atoms with van der Waals surface area (Å²) in [5, 5.41) is 9.71. The second-order valence-corrected chi connectivity index (χ2v) is 3.71. The van der Waals surface area contributed by atoms with Crippen LogP contribution in [0.25, 0.3) is 0 Å². The number of aliphatic hydroxyl groups excluding tert-OH is 1. The fraction of sp³-hybridized carbons (Fsp3) is 0.462. The lowest BCUT2D eigenvalue weighted by Gasteiger charge is -2.14. The number of carbonyl (C=O) groups excluding carboxylic acids is 1. The van der Waals surface area contributed by atoms with E-state index < -0.39 is 17.9 Å². The molecular formula is C13H17FO4. The van der Waals surface area contributed by atoms with Crippen LogP contribution in [0.2, 0.25) is 0 Å². The van der Waals surface area contributed by atoms with Crippen LogP contribution in [0.5, 0.6) is 5.75 Å². The number of hydrogen-bond donors (Lipinski definition) is 1. The average Bonchev–Trinajstić information content (AvgIpc) is 2.39. The first-order valence-electron chi connectivity index (χ1n) is 5.76. The van der Waals surface area contributed by atoms with Crippen LogP contribution in [0.1, 0.15) is 31.1 Å². The van der Waals surface area contributed by atoms with Crippen LogP contribution in [0.15, 0.2) is 12.1 Å². The zero-order valence-corrected chi connectivity index (χ0v) is 10.7. The standard InChI is InChI=1S/C13H17FO4/c1-4-8-6-9(12(15)13(16)17-3)11(14)10(7-8)18-5-2/h6-7,12,15H,4-5H2,1-3H3. The summed E-state index contributed by atoms with van der Waals surface area (Å²) in [6.45, 7) is 3.92. The molecule has 18 heavy (non-hydrogen) atoms. The van der Waals surface area contributed by atoms with Crippen LogP contribution in [0.4, 0.5) is 4.39 Å². The topological polar surface area (TPSA) is 55.8 Å². The summed E-state index contributed by atoms with van der Waals surface area (Å²) in [4.78, 5) is 11.3. The molecule has 0 aliphatic rings. The van der Waals surface area contributed by atoms with Gasteiger partial charge in [0.1, 0.15) is 0 Å². The van der Waals surface area contributed by atoms with E-state index in [0.29, 0.717) is 13.0 Å². The summed E-state index contributed by atoms with van der Waals surface area (Å²) in [6.07, 6.45) is -0.998. The molecule has 0 heterocycles. The first kappa shape index (κ1) is 14.4. The van der Waals surface area contributed by atoms with Crippen LogP contribution in [0.3, 0.4) is 0 Å². The monoisotopic (exact) mass is 256 g/mol. The lowest BCUT2D eigenvalue weighted by Crippen LogP contribution is -2.16. The van der Waals surface area contributed by atoms with Gasteiger partial charge in [-0.1, -0.05) is 6.92 Å². The number of rotatable bonds is 5. The van der Waals surface area contributed by atoms with Gasteiger partial charge < -0.3 is 14.6 Å². The molecule has 0 bridgehead atoms. The van der Waals surface area contributed by atoms with Crippen molar-refractivity contribution in [1.29, 1.82) is 0 Å². The van der Waals surface area contributed by atoms with E-state index in [1.54, 1.807) is 13.0 Å². The van der Waals surface area contributed by atoms with Crippen molar-refractivity contribution in [3.63, 3.8) is 0 Å². The lowest BCUT2D eigenvalue weighted by atomic mass is 10.0. The minimum atomic E-state index is -1.64. The van der Waals surface area contributed by atoms with Crippen molar-refractivity contribution in [2.24, 2.45) is 0 Å². The highest BCUT2D eigenvalue weighted by molar-refractivity contribution is 5.76. The van der Waals surface area contributed by atoms with Crippen molar-refractivity contribution < 1.29 is 23.8 Å². The molecule has 0 saturated carbocycles. The van der Waals surface area contributed by atoms with Gasteiger partial charge in [0.25, 0.3) is 0 Å². The summed E-state index contributed by atoms with van der Waals surface area (Å²) in [5.41, 5.74) is 0.655. The zero-order valence-electron chi connectivity index (χ0n) is 10.7. The van der Waals surface area contributed by atoms with E-state index in [4.69, 9.17) is 4.74 Å². The van der Waals surface area contributed by atoms with E-state index in [1.165, 1.54) is 6.07 Å². The smallest absolute Gasteiger partial charge is 0.339 e. The van der Waals surface area contributed by atoms with Gasteiger partial charge in [-0.3, -0.25) is 0 Å². The third kappa shape index (κ3) is 2.98. The van der Waals surface area contributed by atoms with Crippen molar-refractivity contribution in [3.05, 3.63) is 29.1 Å². The molecule has 1 N–H and O–H groups in total. The first-order chi connectivity index (χ1) is 8.54. The van der Waals surface area contributed by atoms with Gasteiger partial charge in [-0.15, -0.1) is 0 Å². The molecule has 0 aliphatic heterocycles. The molecule has 0 spiro atoms. The Balaban J connectivity index is 3.24. The Morgan fingerprint density at radius 1 is 1.44 bits per heavy atom. The second-order valence-electron chi connectivity index (χ2n) is 3.71. The summed E-state index contributed by atoms with van der Waals surface area (Å²) in [5.74, 6) is -1.59. The molecular weight excluding hydrogens is 239 g/mol. The molecule has 1 aromatic rings. The van der Waals surface area contributed by atoms with E-state index in [2.05, 4.69) is 4.74 Å². The van der Waals surface area contributed by atoms with Gasteiger partial charge >= 0.3 is 5.97 Å². The maximum atomic E-state index is 14.0. The lowest BCUT2D eigenvalue weighted by molar-refractivity contribution is -0.150. The number of esters is 1. The fourth-order valence-electron chi connectivity index (χ4n) is 1.58. The quantitative estimate of drug-likeness (QED) is 0.819. The molecule has 0 amide bonds. The third-order valence-electron chi connectivity index (χ3n) is 2.55. The van der Waals surface area contributed by atoms with E-state index >= 15 is 0 Å². The van der Waals surface area contributed by atoms with Gasteiger partial charge in [-0.2, -0.15) is 0 Å². The van der Waals surface area contributed by atoms with E-state index in [-0.39, 0.29) is 11.3 Å². The van der Waals surface area contributed by atoms with Gasteiger partial charge in [0, 0.05) is 5.56 Å². The molecule has 0 fully saturated rings. The Bertz CT molecular complexity index is 431. The molecule has 5 heteroatoms. The Morgan fingerprint density at radius 3 is 2.61 bits per heavy atom. The van der Waals surface area contributed by atoms with Crippen LogP contribution in [-0.4, -0.2) is 24.8 Å². The van der Waals surface area contributed by atoms with Crippen LogP contribution >= 0.6 is 0 Å². The molecule has 0 aromatic heterocycles. The molecule has 0 radical (unpaired) electrons. The molecule has 100 valence electrons. The number of aryl methyl sites for hydroxylation is 1. The number of benzene rings is 1. The van der Waals surface area contributed by atoms with Gasteiger partial charge in [-0.05, 0) is 31.0 Å². The SMILES string of the molecule is CCOc1cc(CC)cc(C(O)C(=O)OC)c1F. The summed E-state index contributed by atoms with van der Waals surface area (Å²) >= 11 is 0. The predicted octanol–water partition coefficient (Wildman–Crippen LogP) is 1.99. The van der Waals surface area contributed by atoms with Gasteiger partial charge in [-0.25, -0.2) is 9.18 Å². The Labute approximate surface area is 105 Å². The Kier molecular flexibility index (Phi) is 5.09. The third-order valence-corrected chi connectivity index (χ3v) is 2.55. The number of ether oxygens (including phenoxy) is 2. The second kappa shape index (κ2) is 6.35. The van der Waals surface area contributed by atoms with Crippen LogP contribution in [-0.2, 0) is 16.0 Å². The van der Waals surface area contributed by atoms with E-state index in [1.807, 2.05) is 6.92 Å². The van der Waals surface area contributed by atoms with Crippen molar-refractivity contribution in [2.75, 3.05) is 13.7 Å². The largest absolute Gasteiger partial charge is 0.491 e. The number of methoxy groups -OCH3 is 1. The fourth-order valence-corrected chi connectivity index (χ4v) is 1.58. The maximum Gasteiger partial charge on any atom is 0.339 e. The average molecular weight is 256 g/mol. The Morgan fingerprint density at radius 2 is 2.11 bits per heavy atom. The summed E-state index contributed by atoms with van der Waals surface area (Å²) in [6, 6.07) is 3.01. The first-order valence-corrected chi connectivity index (χ1v) is 5.76. The summed E-state index contributed by atoms with van der Waals surface area (Å²) < 4.78 is 23.6. The molecule has 4 nitrogen and oxygen atoms in total. The minimum Gasteiger partial charge on any atom is -0.491 e. The van der Waals surface area contributed by atoms with Crippen LogP contribution < -0.4 is 4.74 Å². The number of aliphatic hydroxyl groups is 1. The minimum absolute atomic E-state index is 0.0369. The highest BCUT2D eigenvalue weighted by Gasteiger charge is 2.24. The highest BCUT2D eigenvalue weighted by atomic mass is 19.1. The molecule has 1 atom stereocenters. The number of hydrogen-bond acceptors (Lipinski definition) is 4.